The molecule has 3 fully saturated rings. The van der Waals surface area contributed by atoms with Crippen molar-refractivity contribution in [2.45, 2.75) is 674 Å². The van der Waals surface area contributed by atoms with E-state index in [4.69, 9.17) is 0 Å². The van der Waals surface area contributed by atoms with Crippen molar-refractivity contribution < 1.29 is 0 Å². The van der Waals surface area contributed by atoms with E-state index in [2.05, 4.69) is 83.1 Å². The van der Waals surface area contributed by atoms with E-state index in [1.165, 1.54) is 475 Å². The largest absolute Gasteiger partial charge is 0.0654 e. The molecule has 3 saturated carbocycles. The maximum absolute atomic E-state index is 2.37. The third-order valence-electron chi connectivity index (χ3n) is 31.2. The molecule has 0 radical (unpaired) electrons. The molecule has 2 unspecified atom stereocenters. The topological polar surface area (TPSA) is 0 Å². The quantitative estimate of drug-likeness (QED) is 0.0533. The van der Waals surface area contributed by atoms with Gasteiger partial charge in [0, 0.05) is 0 Å². The van der Waals surface area contributed by atoms with E-state index >= 15 is 0 Å². The lowest BCUT2D eigenvalue weighted by Crippen LogP contribution is -2.42. The lowest BCUT2D eigenvalue weighted by Gasteiger charge is -2.51. The summed E-state index contributed by atoms with van der Waals surface area (Å²) in [5, 5.41) is 0. The van der Waals surface area contributed by atoms with Crippen LogP contribution < -0.4 is 0 Å². The standard InChI is InChI=1S/C45H90.C37H74.C29H58/c1-6-11-16-21-26-31-36-43-37-42-44(38-32-27-22-17-12-7-2,39-33-28-23-18-13-8-3)45(43,40-34-29-24-19-14-9-4)41-35-30-25-20-15-10-5;1-5-9-13-17-21-25-30-36(31-26-22-18-14-10-6-2)34-29-35-37(36,32-27-23-19-15-11-7-3)33-28-24-20-16-12-8-4;1-4-7-10-13-16-19-23-28-24-22-27-29(28,25-20-17-14-11-8-5-2)26-21-18-15-12-9-6-3/h43H,6-42H2,1-5H3;5-35H2,1-4H3;28H,4-27H2,1-3H3. The summed E-state index contributed by atoms with van der Waals surface area (Å²) >= 11 is 0. The SMILES string of the molecule is CCCCCCCCC1(CCCCCCCC)CCCC1(CCCCCCCC)CCCCCCCC.CCCCCCCCC1CCC(CCCCCCCC)(CCCCCCCC)C1(CCCCCCCC)CCCCCCCC.CCCCCCCCC1CCCC1(CCCCCCCC)CCCCCCCC. The van der Waals surface area contributed by atoms with Gasteiger partial charge in [-0.2, -0.15) is 0 Å². The summed E-state index contributed by atoms with van der Waals surface area (Å²) in [6.45, 7) is 28.3. The lowest BCUT2D eigenvalue weighted by atomic mass is 9.53. The molecule has 2 atom stereocenters. The predicted molar refractivity (Wildman–Crippen MR) is 512 cm³/mol. The number of unbranched alkanes of at least 4 members (excludes halogenated alkanes) is 60. The third kappa shape index (κ3) is 52.1. The molecule has 0 spiro atoms. The Morgan fingerprint density at radius 2 is 0.351 bits per heavy atom. The van der Waals surface area contributed by atoms with Crippen LogP contribution >= 0.6 is 0 Å². The van der Waals surface area contributed by atoms with Crippen LogP contribution in [0.2, 0.25) is 0 Å². The molecule has 0 heterocycles. The van der Waals surface area contributed by atoms with Crippen LogP contribution in [0.3, 0.4) is 0 Å². The van der Waals surface area contributed by atoms with Crippen LogP contribution in [0.25, 0.3) is 0 Å². The Morgan fingerprint density at radius 1 is 0.153 bits per heavy atom. The molecule has 0 aromatic carbocycles. The summed E-state index contributed by atoms with van der Waals surface area (Å²) in [6.07, 6.45) is 137. The second kappa shape index (κ2) is 79.8. The molecule has 3 aliphatic rings. The van der Waals surface area contributed by atoms with Gasteiger partial charge in [-0.1, -0.05) is 558 Å². The molecule has 0 amide bonds. The molecule has 3 rings (SSSR count). The highest BCUT2D eigenvalue weighted by molar-refractivity contribution is 5.07. The average molecular weight is 1560 g/mol. The van der Waals surface area contributed by atoms with Gasteiger partial charge >= 0.3 is 0 Å². The molecule has 111 heavy (non-hydrogen) atoms. The first-order valence-corrected chi connectivity index (χ1v) is 54.6. The fourth-order valence-electron chi connectivity index (χ4n) is 24.1. The van der Waals surface area contributed by atoms with Gasteiger partial charge in [-0.15, -0.1) is 0 Å². The lowest BCUT2D eigenvalue weighted by molar-refractivity contribution is -0.0152. The van der Waals surface area contributed by atoms with Gasteiger partial charge in [0.15, 0.2) is 0 Å². The van der Waals surface area contributed by atoms with E-state index in [0.29, 0.717) is 21.7 Å². The summed E-state index contributed by atoms with van der Waals surface area (Å²) < 4.78 is 0. The van der Waals surface area contributed by atoms with Gasteiger partial charge in [0.25, 0.3) is 0 Å². The Bertz CT molecular complexity index is 1660. The maximum atomic E-state index is 2.37. The monoisotopic (exact) mass is 1560 g/mol. The molecule has 0 aliphatic heterocycles. The van der Waals surface area contributed by atoms with E-state index in [1.807, 2.05) is 0 Å². The van der Waals surface area contributed by atoms with Gasteiger partial charge in [-0.25, -0.2) is 0 Å². The summed E-state index contributed by atoms with van der Waals surface area (Å²) in [5.41, 5.74) is 3.44. The van der Waals surface area contributed by atoms with E-state index in [9.17, 15) is 0 Å². The zero-order valence-corrected chi connectivity index (χ0v) is 80.7. The van der Waals surface area contributed by atoms with Crippen LogP contribution in [0.5, 0.6) is 0 Å². The Labute approximate surface area is 708 Å². The minimum Gasteiger partial charge on any atom is -0.0654 e. The van der Waals surface area contributed by atoms with Gasteiger partial charge in [-0.3, -0.25) is 0 Å². The van der Waals surface area contributed by atoms with E-state index < -0.39 is 0 Å². The van der Waals surface area contributed by atoms with Crippen molar-refractivity contribution in [1.29, 1.82) is 0 Å². The Balaban J connectivity index is 0.000000852. The van der Waals surface area contributed by atoms with Gasteiger partial charge in [0.2, 0.25) is 0 Å². The molecule has 666 valence electrons. The van der Waals surface area contributed by atoms with Crippen LogP contribution in [0.15, 0.2) is 0 Å². The summed E-state index contributed by atoms with van der Waals surface area (Å²) in [4.78, 5) is 0. The van der Waals surface area contributed by atoms with E-state index in [-0.39, 0.29) is 0 Å². The minimum absolute atomic E-state index is 0.652. The molecular weight excluding hydrogens is 1330 g/mol. The van der Waals surface area contributed by atoms with E-state index in [0.717, 1.165) is 17.3 Å². The highest BCUT2D eigenvalue weighted by atomic mass is 14.6. The molecule has 0 saturated heterocycles. The fraction of sp³-hybridized carbons (Fsp3) is 1.00. The van der Waals surface area contributed by atoms with Gasteiger partial charge in [-0.05, 0) is 154 Å². The minimum atomic E-state index is 0.652. The molecule has 0 N–H and O–H groups in total. The summed E-state index contributed by atoms with van der Waals surface area (Å²) in [7, 11) is 0. The number of hydrogen-bond donors (Lipinski definition) is 0. The smallest absolute Gasteiger partial charge is 0.0213 e. The van der Waals surface area contributed by atoms with Gasteiger partial charge in [0.1, 0.15) is 0 Å². The highest BCUT2D eigenvalue weighted by Crippen LogP contribution is 2.68. The van der Waals surface area contributed by atoms with Crippen molar-refractivity contribution in [3.63, 3.8) is 0 Å². The zero-order chi connectivity index (χ0) is 80.7. The first-order chi connectivity index (χ1) is 54.6. The second-order valence-electron chi connectivity index (χ2n) is 40.3. The van der Waals surface area contributed by atoms with Crippen molar-refractivity contribution in [3.05, 3.63) is 0 Å². The molecule has 0 nitrogen and oxygen atoms in total. The van der Waals surface area contributed by atoms with Crippen molar-refractivity contribution in [2.75, 3.05) is 0 Å². The van der Waals surface area contributed by atoms with Crippen LogP contribution in [-0.4, -0.2) is 0 Å². The number of rotatable bonds is 84. The second-order valence-corrected chi connectivity index (χ2v) is 40.3. The molecule has 0 heteroatoms. The number of hydrogen-bond acceptors (Lipinski definition) is 0. The summed E-state index contributed by atoms with van der Waals surface area (Å²) in [5.74, 6) is 2.09. The Morgan fingerprint density at radius 3 is 0.604 bits per heavy atom. The first kappa shape index (κ1) is 109. The van der Waals surface area contributed by atoms with Gasteiger partial charge < -0.3 is 0 Å². The molecule has 3 aliphatic carbocycles. The van der Waals surface area contributed by atoms with Crippen LogP contribution in [0.4, 0.5) is 0 Å². The molecular formula is C111H222. The Hall–Kier alpha value is 0. The van der Waals surface area contributed by atoms with Crippen LogP contribution in [0.1, 0.15) is 674 Å². The highest BCUT2D eigenvalue weighted by Gasteiger charge is 2.57. The average Bonchev–Trinajstić information content (AvgIpc) is 1.60. The first-order valence-electron chi connectivity index (χ1n) is 54.6. The van der Waals surface area contributed by atoms with Crippen LogP contribution in [-0.2, 0) is 0 Å². The van der Waals surface area contributed by atoms with Crippen molar-refractivity contribution >= 4 is 0 Å². The van der Waals surface area contributed by atoms with Crippen molar-refractivity contribution in [2.24, 2.45) is 38.9 Å². The van der Waals surface area contributed by atoms with Crippen molar-refractivity contribution in [3.8, 4) is 0 Å². The molecule has 0 bridgehead atoms. The maximum Gasteiger partial charge on any atom is -0.0213 e. The molecule has 0 aromatic heterocycles. The predicted octanol–water partition coefficient (Wildman–Crippen LogP) is 42.3. The van der Waals surface area contributed by atoms with Gasteiger partial charge in [0.05, 0.1) is 0 Å². The molecule has 0 aromatic rings. The Kier molecular flexibility index (Phi) is 78.3. The summed E-state index contributed by atoms with van der Waals surface area (Å²) in [6, 6.07) is 0. The zero-order valence-electron chi connectivity index (χ0n) is 80.7. The van der Waals surface area contributed by atoms with Crippen molar-refractivity contribution in [1.82, 2.24) is 0 Å². The van der Waals surface area contributed by atoms with Crippen LogP contribution in [0, 0.1) is 38.9 Å². The third-order valence-corrected chi connectivity index (χ3v) is 31.2. The van der Waals surface area contributed by atoms with E-state index in [1.54, 1.807) is 116 Å². The normalized spacial score (nSPS) is 17.4. The fourth-order valence-corrected chi connectivity index (χ4v) is 24.1.